The highest BCUT2D eigenvalue weighted by Gasteiger charge is 2.19. The van der Waals surface area contributed by atoms with E-state index in [2.05, 4.69) is 16.0 Å². The number of ether oxygens (including phenoxy) is 1. The molecule has 0 bridgehead atoms. The van der Waals surface area contributed by atoms with Gasteiger partial charge in [0, 0.05) is 21.8 Å². The minimum absolute atomic E-state index is 0.373. The van der Waals surface area contributed by atoms with Crippen LogP contribution in [-0.2, 0) is 0 Å². The number of rotatable bonds is 3. The summed E-state index contributed by atoms with van der Waals surface area (Å²) in [6.07, 6.45) is 3.19. The van der Waals surface area contributed by atoms with Crippen molar-refractivity contribution < 1.29 is 4.74 Å². The Morgan fingerprint density at radius 1 is 1.13 bits per heavy atom. The summed E-state index contributed by atoms with van der Waals surface area (Å²) >= 11 is 1.20. The Labute approximate surface area is 179 Å². The van der Waals surface area contributed by atoms with E-state index in [1.54, 1.807) is 30.5 Å². The maximum absolute atomic E-state index is 13.4. The Morgan fingerprint density at radius 3 is 2.77 bits per heavy atom. The summed E-state index contributed by atoms with van der Waals surface area (Å²) in [4.78, 5) is 33.9. The lowest BCUT2D eigenvalue weighted by Crippen LogP contribution is -2.33. The van der Waals surface area contributed by atoms with Gasteiger partial charge in [-0.2, -0.15) is 5.26 Å². The molecule has 0 aliphatic rings. The molecule has 5 rings (SSSR count). The van der Waals surface area contributed by atoms with Crippen LogP contribution < -0.4 is 16.0 Å². The van der Waals surface area contributed by atoms with E-state index in [1.807, 2.05) is 24.3 Å². The Kier molecular flexibility index (Phi) is 4.38. The topological polar surface area (TPSA) is 101 Å². The first kappa shape index (κ1) is 18.8. The second kappa shape index (κ2) is 7.23. The highest BCUT2D eigenvalue weighted by atomic mass is 32.1. The number of fused-ring (bicyclic) bond motifs is 2. The molecule has 5 aromatic rings. The maximum Gasteiger partial charge on any atom is 0.333 e. The van der Waals surface area contributed by atoms with Gasteiger partial charge in [0.05, 0.1) is 41.7 Å². The molecule has 0 fully saturated rings. The number of aromatic amines is 1. The second-order valence-corrected chi connectivity index (χ2v) is 7.85. The van der Waals surface area contributed by atoms with Crippen molar-refractivity contribution in [3.8, 4) is 27.9 Å². The van der Waals surface area contributed by atoms with Gasteiger partial charge in [0.15, 0.2) is 0 Å². The number of methoxy groups -OCH3 is 1. The van der Waals surface area contributed by atoms with Crippen molar-refractivity contribution in [2.45, 2.75) is 0 Å². The zero-order chi connectivity index (χ0) is 21.5. The van der Waals surface area contributed by atoms with E-state index in [4.69, 9.17) is 4.74 Å². The molecule has 7 nitrogen and oxygen atoms in total. The number of nitriles is 1. The van der Waals surface area contributed by atoms with E-state index >= 15 is 0 Å². The smallest absolute Gasteiger partial charge is 0.333 e. The van der Waals surface area contributed by atoms with E-state index in [9.17, 15) is 14.9 Å². The number of hydrogen-bond donors (Lipinski definition) is 1. The zero-order valence-corrected chi connectivity index (χ0v) is 17.1. The molecule has 8 heteroatoms. The van der Waals surface area contributed by atoms with Crippen LogP contribution in [0.4, 0.5) is 0 Å². The van der Waals surface area contributed by atoms with Gasteiger partial charge in [-0.15, -0.1) is 11.3 Å². The lowest BCUT2D eigenvalue weighted by molar-refractivity contribution is 0.416. The summed E-state index contributed by atoms with van der Waals surface area (Å²) in [5.41, 5.74) is 0.840. The quantitative estimate of drug-likeness (QED) is 0.472. The van der Waals surface area contributed by atoms with Crippen LogP contribution in [0.2, 0.25) is 0 Å². The Morgan fingerprint density at radius 2 is 1.97 bits per heavy atom. The predicted molar refractivity (Wildman–Crippen MR) is 120 cm³/mol. The summed E-state index contributed by atoms with van der Waals surface area (Å²) in [6, 6.07) is 16.5. The molecule has 0 spiro atoms. The zero-order valence-electron chi connectivity index (χ0n) is 16.2. The van der Waals surface area contributed by atoms with Crippen LogP contribution in [0.3, 0.4) is 0 Å². The summed E-state index contributed by atoms with van der Waals surface area (Å²) in [7, 11) is 1.52. The number of H-pyrrole nitrogens is 1. The van der Waals surface area contributed by atoms with E-state index in [0.717, 1.165) is 15.3 Å². The van der Waals surface area contributed by atoms with Crippen LogP contribution in [0.5, 0.6) is 5.75 Å². The molecule has 0 radical (unpaired) electrons. The van der Waals surface area contributed by atoms with Crippen molar-refractivity contribution >= 4 is 32.3 Å². The molecule has 31 heavy (non-hydrogen) atoms. The van der Waals surface area contributed by atoms with Crippen LogP contribution >= 0.6 is 11.3 Å². The summed E-state index contributed by atoms with van der Waals surface area (Å²) in [5, 5.41) is 11.1. The predicted octanol–water partition coefficient (Wildman–Crippen LogP) is 3.84. The fourth-order valence-corrected chi connectivity index (χ4v) is 4.78. The molecule has 0 aliphatic carbocycles. The third-order valence-corrected chi connectivity index (χ3v) is 6.22. The highest BCUT2D eigenvalue weighted by molar-refractivity contribution is 7.22. The van der Waals surface area contributed by atoms with Gasteiger partial charge in [0.25, 0.3) is 5.56 Å². The van der Waals surface area contributed by atoms with Crippen LogP contribution in [0.1, 0.15) is 5.56 Å². The molecule has 0 saturated heterocycles. The third kappa shape index (κ3) is 2.91. The number of thiophene rings is 1. The van der Waals surface area contributed by atoms with Gasteiger partial charge >= 0.3 is 5.69 Å². The van der Waals surface area contributed by atoms with Gasteiger partial charge in [-0.3, -0.25) is 9.78 Å². The van der Waals surface area contributed by atoms with Gasteiger partial charge in [0.2, 0.25) is 0 Å². The molecule has 0 unspecified atom stereocenters. The Hall–Kier alpha value is -4.22. The van der Waals surface area contributed by atoms with Crippen molar-refractivity contribution in [2.24, 2.45) is 0 Å². The highest BCUT2D eigenvalue weighted by Crippen LogP contribution is 2.38. The molecular weight excluding hydrogens is 412 g/mol. The third-order valence-electron chi connectivity index (χ3n) is 5.08. The Bertz CT molecular complexity index is 1630. The van der Waals surface area contributed by atoms with E-state index in [0.29, 0.717) is 37.7 Å². The maximum atomic E-state index is 13.4. The molecule has 3 aromatic heterocycles. The molecule has 2 aromatic carbocycles. The average molecular weight is 426 g/mol. The fraction of sp³-hybridized carbons (Fsp3) is 0.0435. The fourth-order valence-electron chi connectivity index (χ4n) is 3.68. The van der Waals surface area contributed by atoms with E-state index in [-0.39, 0.29) is 0 Å². The van der Waals surface area contributed by atoms with Gasteiger partial charge in [-0.1, -0.05) is 30.3 Å². The molecule has 0 atom stereocenters. The van der Waals surface area contributed by atoms with Crippen molar-refractivity contribution in [1.82, 2.24) is 14.5 Å². The van der Waals surface area contributed by atoms with E-state index in [1.165, 1.54) is 24.6 Å². The molecule has 1 N–H and O–H groups in total. The molecule has 0 aliphatic heterocycles. The minimum Gasteiger partial charge on any atom is -0.496 e. The number of aromatic nitrogens is 3. The summed E-state index contributed by atoms with van der Waals surface area (Å²) in [6.45, 7) is 0. The Balaban J connectivity index is 1.81. The average Bonchev–Trinajstić information content (AvgIpc) is 3.22. The lowest BCUT2D eigenvalue weighted by atomic mass is 10.1. The normalized spacial score (nSPS) is 11.0. The number of nitrogens with one attached hydrogen (secondary N) is 1. The molecular formula is C23H14N4O3S. The number of hydrogen-bond acceptors (Lipinski definition) is 6. The van der Waals surface area contributed by atoms with Crippen LogP contribution in [-0.4, -0.2) is 21.6 Å². The number of nitrogens with zero attached hydrogens (tertiary/aromatic N) is 3. The van der Waals surface area contributed by atoms with Crippen molar-refractivity contribution in [1.29, 1.82) is 5.26 Å². The van der Waals surface area contributed by atoms with Crippen molar-refractivity contribution in [2.75, 3.05) is 7.11 Å². The van der Waals surface area contributed by atoms with Crippen LogP contribution in [0, 0.1) is 11.3 Å². The van der Waals surface area contributed by atoms with E-state index < -0.39 is 11.2 Å². The lowest BCUT2D eigenvalue weighted by Gasteiger charge is -2.08. The first-order chi connectivity index (χ1) is 15.1. The summed E-state index contributed by atoms with van der Waals surface area (Å²) < 4.78 is 6.90. The SMILES string of the molecule is COc1cccc(C#N)c1-c1cc2[nH]c(=O)n(-c3cncc4ccccc34)c(=O)c2s1. The largest absolute Gasteiger partial charge is 0.496 e. The molecule has 150 valence electrons. The van der Waals surface area contributed by atoms with Gasteiger partial charge in [0.1, 0.15) is 10.4 Å². The second-order valence-electron chi connectivity index (χ2n) is 6.80. The van der Waals surface area contributed by atoms with Gasteiger partial charge in [-0.25, -0.2) is 9.36 Å². The number of pyridine rings is 1. The molecule has 0 amide bonds. The van der Waals surface area contributed by atoms with Gasteiger partial charge < -0.3 is 9.72 Å². The van der Waals surface area contributed by atoms with Crippen LogP contribution in [0.25, 0.3) is 37.1 Å². The minimum atomic E-state index is -0.555. The first-order valence-electron chi connectivity index (χ1n) is 9.32. The van der Waals surface area contributed by atoms with Crippen LogP contribution in [0.15, 0.2) is 70.5 Å². The monoisotopic (exact) mass is 426 g/mol. The number of benzene rings is 2. The van der Waals surface area contributed by atoms with Gasteiger partial charge in [-0.05, 0) is 18.2 Å². The molecule has 3 heterocycles. The molecule has 0 saturated carbocycles. The summed E-state index contributed by atoms with van der Waals surface area (Å²) in [5.74, 6) is 0.520. The standard InChI is InChI=1S/C23H14N4O3S/c1-30-18-8-4-6-13(10-24)20(18)19-9-16-21(31-19)22(28)27(23(29)26-16)17-12-25-11-14-5-2-3-7-15(14)17/h2-9,11-12H,1H3,(H,26,29). The van der Waals surface area contributed by atoms with Crippen molar-refractivity contribution in [3.05, 3.63) is 87.3 Å². The first-order valence-corrected chi connectivity index (χ1v) is 10.1. The van der Waals surface area contributed by atoms with Crippen molar-refractivity contribution in [3.63, 3.8) is 0 Å².